The molecule has 2 rings (SSSR count). The summed E-state index contributed by atoms with van der Waals surface area (Å²) in [5.41, 5.74) is -0.454. The van der Waals surface area contributed by atoms with Crippen LogP contribution in [0.4, 0.5) is 0 Å². The van der Waals surface area contributed by atoms with Crippen LogP contribution in [0, 0.1) is 5.41 Å². The maximum Gasteiger partial charge on any atom is 0.131 e. The van der Waals surface area contributed by atoms with E-state index in [4.69, 9.17) is 15.0 Å². The van der Waals surface area contributed by atoms with Crippen molar-refractivity contribution in [3.63, 3.8) is 0 Å². The van der Waals surface area contributed by atoms with Crippen molar-refractivity contribution in [2.75, 3.05) is 0 Å². The van der Waals surface area contributed by atoms with Crippen LogP contribution in [0.5, 0.6) is 0 Å². The topological polar surface area (TPSA) is 47.9 Å². The third kappa shape index (κ3) is 2.49. The van der Waals surface area contributed by atoms with E-state index in [1.165, 1.54) is 0 Å². The lowest BCUT2D eigenvalue weighted by Gasteiger charge is -2.51. The molecule has 1 aliphatic rings. The fraction of sp³-hybridized carbons (Fsp3) is 0.625. The molecule has 4 heteroatoms. The maximum absolute atomic E-state index is 9.03. The summed E-state index contributed by atoms with van der Waals surface area (Å²) in [5.74, 6) is 0. The molecule has 1 N–H and O–H groups in total. The van der Waals surface area contributed by atoms with E-state index >= 15 is 0 Å². The highest BCUT2D eigenvalue weighted by Crippen LogP contribution is 2.51. The van der Waals surface area contributed by atoms with E-state index in [1.54, 1.807) is 13.8 Å². The normalized spacial score (nSPS) is 30.2. The summed E-state index contributed by atoms with van der Waals surface area (Å²) in [6.07, 6.45) is 0.380. The molecule has 112 valence electrons. The molecular formula is C16H24O4. The van der Waals surface area contributed by atoms with Crippen LogP contribution in [-0.2, 0) is 20.3 Å². The molecule has 0 amide bonds. The molecule has 1 saturated heterocycles. The SMILES string of the molecule is CC(C)(OO)C1CC(C)(C)[C@](C)(c2ccccc2)OO1. The van der Waals surface area contributed by atoms with Gasteiger partial charge in [-0.2, -0.15) is 0 Å². The zero-order valence-corrected chi connectivity index (χ0v) is 12.8. The van der Waals surface area contributed by atoms with Gasteiger partial charge in [-0.1, -0.05) is 44.2 Å². The number of hydrogen-bond acceptors (Lipinski definition) is 4. The van der Waals surface area contributed by atoms with Crippen LogP contribution in [-0.4, -0.2) is 17.0 Å². The Balaban J connectivity index is 2.29. The van der Waals surface area contributed by atoms with Gasteiger partial charge in [0, 0.05) is 5.41 Å². The van der Waals surface area contributed by atoms with Crippen molar-refractivity contribution in [2.24, 2.45) is 5.41 Å². The molecule has 0 aliphatic carbocycles. The summed E-state index contributed by atoms with van der Waals surface area (Å²) in [6.45, 7) is 9.88. The summed E-state index contributed by atoms with van der Waals surface area (Å²) in [6, 6.07) is 10.0. The average Bonchev–Trinajstić information content (AvgIpc) is 2.42. The molecule has 20 heavy (non-hydrogen) atoms. The predicted molar refractivity (Wildman–Crippen MR) is 75.9 cm³/mol. The van der Waals surface area contributed by atoms with Crippen LogP contribution < -0.4 is 0 Å². The van der Waals surface area contributed by atoms with Crippen molar-refractivity contribution in [3.8, 4) is 0 Å². The van der Waals surface area contributed by atoms with Crippen LogP contribution in [0.2, 0.25) is 0 Å². The molecular weight excluding hydrogens is 256 g/mol. The van der Waals surface area contributed by atoms with Crippen LogP contribution in [0.3, 0.4) is 0 Å². The fourth-order valence-electron chi connectivity index (χ4n) is 2.57. The molecule has 1 aromatic carbocycles. The van der Waals surface area contributed by atoms with Gasteiger partial charge >= 0.3 is 0 Å². The minimum atomic E-state index is -0.810. The van der Waals surface area contributed by atoms with Crippen molar-refractivity contribution in [1.82, 2.24) is 0 Å². The van der Waals surface area contributed by atoms with Gasteiger partial charge in [0.05, 0.1) is 0 Å². The Labute approximate surface area is 120 Å². The first kappa shape index (κ1) is 15.4. The van der Waals surface area contributed by atoms with Gasteiger partial charge in [-0.15, -0.1) is 0 Å². The lowest BCUT2D eigenvalue weighted by Crippen LogP contribution is -2.54. The van der Waals surface area contributed by atoms with Gasteiger partial charge in [-0.3, -0.25) is 5.26 Å². The van der Waals surface area contributed by atoms with E-state index in [-0.39, 0.29) is 11.5 Å². The van der Waals surface area contributed by atoms with E-state index < -0.39 is 11.2 Å². The first-order chi connectivity index (χ1) is 9.23. The summed E-state index contributed by atoms with van der Waals surface area (Å²) in [7, 11) is 0. The summed E-state index contributed by atoms with van der Waals surface area (Å²) < 4.78 is 0. The van der Waals surface area contributed by atoms with E-state index in [1.807, 2.05) is 37.3 Å². The lowest BCUT2D eigenvalue weighted by molar-refractivity contribution is -0.473. The Morgan fingerprint density at radius 2 is 1.80 bits per heavy atom. The first-order valence-corrected chi connectivity index (χ1v) is 6.95. The Bertz CT molecular complexity index is 455. The Morgan fingerprint density at radius 3 is 2.30 bits per heavy atom. The zero-order chi connectivity index (χ0) is 15.0. The highest BCUT2D eigenvalue weighted by molar-refractivity contribution is 5.25. The highest BCUT2D eigenvalue weighted by Gasteiger charge is 2.53. The Hall–Kier alpha value is -0.940. The summed E-state index contributed by atoms with van der Waals surface area (Å²) in [4.78, 5) is 15.9. The molecule has 0 radical (unpaired) electrons. The monoisotopic (exact) mass is 280 g/mol. The number of benzene rings is 1. The maximum atomic E-state index is 9.03. The van der Waals surface area contributed by atoms with Gasteiger partial charge in [-0.25, -0.2) is 14.7 Å². The van der Waals surface area contributed by atoms with Crippen LogP contribution in [0.15, 0.2) is 30.3 Å². The molecule has 0 aromatic heterocycles. The van der Waals surface area contributed by atoms with E-state index in [9.17, 15) is 0 Å². The van der Waals surface area contributed by atoms with Crippen LogP contribution in [0.25, 0.3) is 0 Å². The third-order valence-corrected chi connectivity index (χ3v) is 4.65. The lowest BCUT2D eigenvalue weighted by atomic mass is 9.67. The predicted octanol–water partition coefficient (Wildman–Crippen LogP) is 3.92. The molecule has 2 atom stereocenters. The number of hydrogen-bond donors (Lipinski definition) is 1. The van der Waals surface area contributed by atoms with Gasteiger partial charge < -0.3 is 0 Å². The summed E-state index contributed by atoms with van der Waals surface area (Å²) in [5, 5.41) is 9.03. The van der Waals surface area contributed by atoms with E-state index in [0.29, 0.717) is 6.42 Å². The second kappa shape index (κ2) is 5.11. The molecule has 0 saturated carbocycles. The number of rotatable bonds is 3. The van der Waals surface area contributed by atoms with E-state index in [0.717, 1.165) is 5.56 Å². The molecule has 1 unspecified atom stereocenters. The molecule has 0 spiro atoms. The Morgan fingerprint density at radius 1 is 1.20 bits per heavy atom. The van der Waals surface area contributed by atoms with Gasteiger partial charge in [-0.05, 0) is 32.8 Å². The second-order valence-corrected chi connectivity index (χ2v) is 6.85. The van der Waals surface area contributed by atoms with Crippen molar-refractivity contribution >= 4 is 0 Å². The van der Waals surface area contributed by atoms with Crippen molar-refractivity contribution in [2.45, 2.75) is 58.3 Å². The van der Waals surface area contributed by atoms with Crippen LogP contribution >= 0.6 is 0 Å². The molecule has 1 fully saturated rings. The van der Waals surface area contributed by atoms with Crippen LogP contribution in [0.1, 0.15) is 46.6 Å². The zero-order valence-electron chi connectivity index (χ0n) is 12.8. The second-order valence-electron chi connectivity index (χ2n) is 6.85. The minimum Gasteiger partial charge on any atom is -0.251 e. The smallest absolute Gasteiger partial charge is 0.131 e. The molecule has 0 bridgehead atoms. The van der Waals surface area contributed by atoms with Crippen molar-refractivity contribution < 1.29 is 19.9 Å². The molecule has 1 heterocycles. The van der Waals surface area contributed by atoms with Gasteiger partial charge in [0.1, 0.15) is 17.3 Å². The van der Waals surface area contributed by atoms with Crippen molar-refractivity contribution in [3.05, 3.63) is 35.9 Å². The fourth-order valence-corrected chi connectivity index (χ4v) is 2.57. The molecule has 4 nitrogen and oxygen atoms in total. The Kier molecular flexibility index (Phi) is 3.95. The van der Waals surface area contributed by atoms with Gasteiger partial charge in [0.2, 0.25) is 0 Å². The first-order valence-electron chi connectivity index (χ1n) is 6.95. The van der Waals surface area contributed by atoms with E-state index in [2.05, 4.69) is 18.7 Å². The largest absolute Gasteiger partial charge is 0.251 e. The minimum absolute atomic E-state index is 0.174. The average molecular weight is 280 g/mol. The standard InChI is InChI=1S/C16H24O4/c1-14(2)11-13(15(3,4)19-17)18-20-16(14,5)12-9-7-6-8-10-12/h6-10,13,17H,11H2,1-5H3/t13?,16-/m0/s1. The highest BCUT2D eigenvalue weighted by atomic mass is 17.2. The van der Waals surface area contributed by atoms with Gasteiger partial charge in [0.25, 0.3) is 0 Å². The molecule has 1 aromatic rings. The quantitative estimate of drug-likeness (QED) is 0.673. The van der Waals surface area contributed by atoms with Gasteiger partial charge in [0.15, 0.2) is 0 Å². The summed E-state index contributed by atoms with van der Waals surface area (Å²) >= 11 is 0. The third-order valence-electron chi connectivity index (χ3n) is 4.65. The molecule has 1 aliphatic heterocycles. The van der Waals surface area contributed by atoms with Crippen molar-refractivity contribution in [1.29, 1.82) is 0 Å².